The molecule has 0 heterocycles. The first-order valence-electron chi connectivity index (χ1n) is 5.80. The van der Waals surface area contributed by atoms with Crippen LogP contribution in [0.2, 0.25) is 0 Å². The van der Waals surface area contributed by atoms with Crippen LogP contribution < -0.4 is 10.6 Å². The molecule has 1 saturated carbocycles. The lowest BCUT2D eigenvalue weighted by atomic mass is 10.0. The second-order valence-electron chi connectivity index (χ2n) is 4.07. The molecule has 0 spiro atoms. The quantitative estimate of drug-likeness (QED) is 0.631. The summed E-state index contributed by atoms with van der Waals surface area (Å²) in [7, 11) is 0. The topological polar surface area (TPSA) is 41.1 Å². The van der Waals surface area contributed by atoms with Crippen LogP contribution in [0.4, 0.5) is 0 Å². The highest BCUT2D eigenvalue weighted by Gasteiger charge is 2.13. The monoisotopic (exact) mass is 198 g/mol. The Hall–Kier alpha value is -0.570. The molecule has 0 unspecified atom stereocenters. The predicted octanol–water partition coefficient (Wildman–Crippen LogP) is 1.29. The molecule has 0 aromatic carbocycles. The summed E-state index contributed by atoms with van der Waals surface area (Å²) in [4.78, 5) is 11.1. The van der Waals surface area contributed by atoms with Gasteiger partial charge in [0, 0.05) is 6.54 Å². The van der Waals surface area contributed by atoms with Crippen LogP contribution in [0.3, 0.4) is 0 Å². The minimum atomic E-state index is 0.110. The van der Waals surface area contributed by atoms with Gasteiger partial charge in [0.05, 0.1) is 6.54 Å². The number of likely N-dealkylation sites (N-methyl/N-ethyl adjacent to an activating group) is 1. The third-order valence-electron chi connectivity index (χ3n) is 2.86. The van der Waals surface area contributed by atoms with Gasteiger partial charge in [-0.3, -0.25) is 4.79 Å². The van der Waals surface area contributed by atoms with Crippen LogP contribution in [0, 0.1) is 5.92 Å². The standard InChI is InChI=1S/C11H22N2O/c1-2-13-11(14)9-12-8-7-10-5-3-4-6-10/h10,12H,2-9H2,1H3,(H,13,14). The number of hydrogen-bond donors (Lipinski definition) is 2. The molecule has 0 aromatic heterocycles. The van der Waals surface area contributed by atoms with Crippen molar-refractivity contribution in [2.24, 2.45) is 5.92 Å². The first-order chi connectivity index (χ1) is 6.83. The second-order valence-corrected chi connectivity index (χ2v) is 4.07. The van der Waals surface area contributed by atoms with E-state index in [-0.39, 0.29) is 5.91 Å². The van der Waals surface area contributed by atoms with Crippen molar-refractivity contribution < 1.29 is 4.79 Å². The first-order valence-corrected chi connectivity index (χ1v) is 5.80. The van der Waals surface area contributed by atoms with E-state index in [0.717, 1.165) is 19.0 Å². The molecule has 1 aliphatic rings. The van der Waals surface area contributed by atoms with Crippen molar-refractivity contribution in [3.05, 3.63) is 0 Å². The summed E-state index contributed by atoms with van der Waals surface area (Å²) in [5, 5.41) is 5.96. The molecular weight excluding hydrogens is 176 g/mol. The van der Waals surface area contributed by atoms with Gasteiger partial charge in [-0.2, -0.15) is 0 Å². The maximum absolute atomic E-state index is 11.1. The van der Waals surface area contributed by atoms with Crippen molar-refractivity contribution in [2.75, 3.05) is 19.6 Å². The number of rotatable bonds is 6. The summed E-state index contributed by atoms with van der Waals surface area (Å²) in [6.07, 6.45) is 6.83. The summed E-state index contributed by atoms with van der Waals surface area (Å²) in [5.41, 5.74) is 0. The van der Waals surface area contributed by atoms with Gasteiger partial charge in [0.2, 0.25) is 5.91 Å². The molecule has 0 bridgehead atoms. The Labute approximate surface area is 86.6 Å². The summed E-state index contributed by atoms with van der Waals surface area (Å²) >= 11 is 0. The number of nitrogens with one attached hydrogen (secondary N) is 2. The molecule has 82 valence electrons. The molecule has 1 fully saturated rings. The van der Waals surface area contributed by atoms with Crippen molar-refractivity contribution in [3.8, 4) is 0 Å². The zero-order valence-electron chi connectivity index (χ0n) is 9.14. The SMILES string of the molecule is CCNC(=O)CNCCC1CCCC1. The van der Waals surface area contributed by atoms with E-state index in [0.29, 0.717) is 6.54 Å². The van der Waals surface area contributed by atoms with Crippen LogP contribution in [-0.4, -0.2) is 25.5 Å². The van der Waals surface area contributed by atoms with Crippen molar-refractivity contribution in [1.82, 2.24) is 10.6 Å². The molecule has 2 N–H and O–H groups in total. The molecular formula is C11H22N2O. The molecule has 1 amide bonds. The highest BCUT2D eigenvalue weighted by molar-refractivity contribution is 5.77. The third-order valence-corrected chi connectivity index (χ3v) is 2.86. The van der Waals surface area contributed by atoms with E-state index in [2.05, 4.69) is 10.6 Å². The van der Waals surface area contributed by atoms with Gasteiger partial charge in [-0.25, -0.2) is 0 Å². The van der Waals surface area contributed by atoms with E-state index in [1.54, 1.807) is 0 Å². The summed E-state index contributed by atoms with van der Waals surface area (Å²) in [6, 6.07) is 0. The third kappa shape index (κ3) is 4.61. The van der Waals surface area contributed by atoms with Crippen LogP contribution in [0.15, 0.2) is 0 Å². The van der Waals surface area contributed by atoms with E-state index in [1.165, 1.54) is 32.1 Å². The Kier molecular flexibility index (Phi) is 5.60. The maximum atomic E-state index is 11.1. The average Bonchev–Trinajstić information content (AvgIpc) is 2.65. The van der Waals surface area contributed by atoms with Crippen LogP contribution in [0.1, 0.15) is 39.0 Å². The molecule has 0 radical (unpaired) electrons. The number of amides is 1. The fourth-order valence-corrected chi connectivity index (χ4v) is 2.07. The van der Waals surface area contributed by atoms with Gasteiger partial charge in [0.1, 0.15) is 0 Å². The highest BCUT2D eigenvalue weighted by atomic mass is 16.1. The lowest BCUT2D eigenvalue weighted by Crippen LogP contribution is -2.34. The minimum Gasteiger partial charge on any atom is -0.355 e. The van der Waals surface area contributed by atoms with Crippen LogP contribution >= 0.6 is 0 Å². The fraction of sp³-hybridized carbons (Fsp3) is 0.909. The molecule has 3 heteroatoms. The number of carbonyl (C=O) groups is 1. The van der Waals surface area contributed by atoms with Crippen molar-refractivity contribution in [2.45, 2.75) is 39.0 Å². The van der Waals surface area contributed by atoms with E-state index in [4.69, 9.17) is 0 Å². The summed E-state index contributed by atoms with van der Waals surface area (Å²) in [5.74, 6) is 1.02. The van der Waals surface area contributed by atoms with Crippen LogP contribution in [0.25, 0.3) is 0 Å². The number of hydrogen-bond acceptors (Lipinski definition) is 2. The first kappa shape index (κ1) is 11.5. The van der Waals surface area contributed by atoms with Gasteiger partial charge in [-0.15, -0.1) is 0 Å². The van der Waals surface area contributed by atoms with Crippen molar-refractivity contribution in [1.29, 1.82) is 0 Å². The summed E-state index contributed by atoms with van der Waals surface area (Å²) in [6.45, 7) is 4.13. The molecule has 0 saturated heterocycles. The Balaban J connectivity index is 1.90. The smallest absolute Gasteiger partial charge is 0.233 e. The summed E-state index contributed by atoms with van der Waals surface area (Å²) < 4.78 is 0. The zero-order valence-corrected chi connectivity index (χ0v) is 9.14. The lowest BCUT2D eigenvalue weighted by molar-refractivity contribution is -0.120. The number of carbonyl (C=O) groups excluding carboxylic acids is 1. The largest absolute Gasteiger partial charge is 0.355 e. The Morgan fingerprint density at radius 2 is 2.07 bits per heavy atom. The van der Waals surface area contributed by atoms with E-state index in [1.807, 2.05) is 6.92 Å². The molecule has 0 aliphatic heterocycles. The highest BCUT2D eigenvalue weighted by Crippen LogP contribution is 2.26. The molecule has 0 aromatic rings. The van der Waals surface area contributed by atoms with E-state index >= 15 is 0 Å². The molecule has 14 heavy (non-hydrogen) atoms. The van der Waals surface area contributed by atoms with Gasteiger partial charge in [-0.1, -0.05) is 25.7 Å². The van der Waals surface area contributed by atoms with Gasteiger partial charge in [-0.05, 0) is 25.8 Å². The molecule has 0 atom stereocenters. The zero-order chi connectivity index (χ0) is 10.2. The molecule has 3 nitrogen and oxygen atoms in total. The Morgan fingerprint density at radius 1 is 1.36 bits per heavy atom. The van der Waals surface area contributed by atoms with E-state index in [9.17, 15) is 4.79 Å². The van der Waals surface area contributed by atoms with Crippen molar-refractivity contribution >= 4 is 5.91 Å². The van der Waals surface area contributed by atoms with Gasteiger partial charge >= 0.3 is 0 Å². The van der Waals surface area contributed by atoms with Crippen molar-refractivity contribution in [3.63, 3.8) is 0 Å². The fourth-order valence-electron chi connectivity index (χ4n) is 2.07. The second kappa shape index (κ2) is 6.82. The molecule has 1 rings (SSSR count). The van der Waals surface area contributed by atoms with Crippen LogP contribution in [0.5, 0.6) is 0 Å². The normalized spacial score (nSPS) is 17.2. The Morgan fingerprint density at radius 3 is 2.71 bits per heavy atom. The minimum absolute atomic E-state index is 0.110. The lowest BCUT2D eigenvalue weighted by Gasteiger charge is -2.09. The molecule has 1 aliphatic carbocycles. The van der Waals surface area contributed by atoms with Gasteiger partial charge < -0.3 is 10.6 Å². The van der Waals surface area contributed by atoms with Gasteiger partial charge in [0.15, 0.2) is 0 Å². The Bertz CT molecular complexity index is 165. The maximum Gasteiger partial charge on any atom is 0.233 e. The predicted molar refractivity (Wildman–Crippen MR) is 58.1 cm³/mol. The van der Waals surface area contributed by atoms with Crippen LogP contribution in [-0.2, 0) is 4.79 Å². The average molecular weight is 198 g/mol. The van der Waals surface area contributed by atoms with Gasteiger partial charge in [0.25, 0.3) is 0 Å². The van der Waals surface area contributed by atoms with E-state index < -0.39 is 0 Å².